The maximum absolute atomic E-state index is 11.0. The van der Waals surface area contributed by atoms with Crippen LogP contribution in [0.25, 0.3) is 0 Å². The molecule has 23 heavy (non-hydrogen) atoms. The van der Waals surface area contributed by atoms with Crippen LogP contribution >= 0.6 is 0 Å². The molecule has 0 atom stereocenters. The lowest BCUT2D eigenvalue weighted by Crippen LogP contribution is -2.00. The Hall–Kier alpha value is -3.44. The fourth-order valence-electron chi connectivity index (χ4n) is 2.05. The monoisotopic (exact) mass is 305 g/mol. The van der Waals surface area contributed by atoms with Crippen LogP contribution in [0, 0.1) is 33.8 Å². The van der Waals surface area contributed by atoms with E-state index in [9.17, 15) is 10.1 Å². The van der Waals surface area contributed by atoms with Crippen molar-refractivity contribution in [3.05, 3.63) is 63.7 Å². The maximum Gasteiger partial charge on any atom is 0.311 e. The highest BCUT2D eigenvalue weighted by Crippen LogP contribution is 2.31. The van der Waals surface area contributed by atoms with E-state index in [-0.39, 0.29) is 24.7 Å². The molecular weight excluding hydrogens is 294 g/mol. The van der Waals surface area contributed by atoms with Gasteiger partial charge in [0.25, 0.3) is 0 Å². The van der Waals surface area contributed by atoms with Gasteiger partial charge in [-0.05, 0) is 18.2 Å². The predicted octanol–water partition coefficient (Wildman–Crippen LogP) is 2.77. The zero-order valence-corrected chi connectivity index (χ0v) is 12.0. The fourth-order valence-corrected chi connectivity index (χ4v) is 2.05. The molecule has 0 aromatic heterocycles. The van der Waals surface area contributed by atoms with Gasteiger partial charge in [0.15, 0.2) is 0 Å². The van der Waals surface area contributed by atoms with E-state index in [1.54, 1.807) is 0 Å². The fraction of sp³-hybridized carbons (Fsp3) is 0.111. The molecule has 0 amide bonds. The number of nitrogens with zero attached hydrogens (tertiary/aromatic N) is 1. The summed E-state index contributed by atoms with van der Waals surface area (Å²) in [6.45, 7) is 0.199. The Morgan fingerprint density at radius 2 is 1.61 bits per heavy atom. The van der Waals surface area contributed by atoms with Crippen molar-refractivity contribution in [1.82, 2.24) is 0 Å². The molecule has 1 heterocycles. The third-order valence-corrected chi connectivity index (χ3v) is 3.11. The molecule has 0 spiro atoms. The molecule has 1 aliphatic heterocycles. The lowest BCUT2D eigenvalue weighted by atomic mass is 10.1. The van der Waals surface area contributed by atoms with Gasteiger partial charge in [0, 0.05) is 23.3 Å². The summed E-state index contributed by atoms with van der Waals surface area (Å²) in [5, 5.41) is 11.0. The number of hydrogen-bond acceptors (Lipinski definition) is 4. The number of hydrogen-bond donors (Lipinski definition) is 0. The Morgan fingerprint density at radius 3 is 2.26 bits per heavy atom. The average Bonchev–Trinajstić information content (AvgIpc) is 2.57. The minimum atomic E-state index is -0.500. The summed E-state index contributed by atoms with van der Waals surface area (Å²) >= 11 is 0. The molecule has 0 saturated heterocycles. The van der Waals surface area contributed by atoms with Crippen LogP contribution in [0.1, 0.15) is 11.1 Å². The van der Waals surface area contributed by atoms with Gasteiger partial charge in [-0.25, -0.2) is 0 Å². The molecule has 2 bridgehead atoms. The Bertz CT molecular complexity index is 881. The molecule has 0 radical (unpaired) electrons. The lowest BCUT2D eigenvalue weighted by Gasteiger charge is -2.06. The minimum absolute atomic E-state index is 0.0338. The Labute approximate surface area is 133 Å². The summed E-state index contributed by atoms with van der Waals surface area (Å²) < 4.78 is 10.9. The topological polar surface area (TPSA) is 61.6 Å². The largest absolute Gasteiger partial charge is 0.481 e. The quantitative estimate of drug-likeness (QED) is 0.462. The second kappa shape index (κ2) is 6.55. The number of benzene rings is 2. The van der Waals surface area contributed by atoms with E-state index < -0.39 is 4.92 Å². The zero-order valence-electron chi connectivity index (χ0n) is 12.0. The standard InChI is InChI=1S/C18H11NO4/c20-19(21)17-10-9-16-13-18(17)23-12-4-8-15-6-2-1-5-14(15)7-3-11-22-16/h1-2,5-6,9-10,13H,11-12H2. The zero-order chi connectivity index (χ0) is 16.1. The number of ether oxygens (including phenoxy) is 2. The van der Waals surface area contributed by atoms with E-state index in [0.717, 1.165) is 11.1 Å². The predicted molar refractivity (Wildman–Crippen MR) is 84.3 cm³/mol. The molecule has 5 nitrogen and oxygen atoms in total. The van der Waals surface area contributed by atoms with Crippen molar-refractivity contribution >= 4 is 5.69 Å². The summed E-state index contributed by atoms with van der Waals surface area (Å²) in [4.78, 5) is 10.5. The van der Waals surface area contributed by atoms with Crippen LogP contribution in [0.5, 0.6) is 11.5 Å². The van der Waals surface area contributed by atoms with Crippen LogP contribution < -0.4 is 9.47 Å². The van der Waals surface area contributed by atoms with Gasteiger partial charge in [0.2, 0.25) is 5.75 Å². The van der Waals surface area contributed by atoms with Crippen LogP contribution in [0.2, 0.25) is 0 Å². The van der Waals surface area contributed by atoms with E-state index >= 15 is 0 Å². The molecule has 0 unspecified atom stereocenters. The highest BCUT2D eigenvalue weighted by molar-refractivity contribution is 5.52. The summed E-state index contributed by atoms with van der Waals surface area (Å²) in [5.41, 5.74) is 1.46. The number of nitro groups is 1. The van der Waals surface area contributed by atoms with E-state index in [0.29, 0.717) is 5.75 Å². The van der Waals surface area contributed by atoms with Gasteiger partial charge in [-0.3, -0.25) is 10.1 Å². The maximum atomic E-state index is 11.0. The van der Waals surface area contributed by atoms with Crippen LogP contribution in [0.15, 0.2) is 42.5 Å². The molecule has 0 fully saturated rings. The van der Waals surface area contributed by atoms with Gasteiger partial charge in [-0.2, -0.15) is 0 Å². The van der Waals surface area contributed by atoms with Crippen molar-refractivity contribution in [2.24, 2.45) is 0 Å². The molecule has 112 valence electrons. The van der Waals surface area contributed by atoms with Crippen molar-refractivity contribution in [3.63, 3.8) is 0 Å². The lowest BCUT2D eigenvalue weighted by molar-refractivity contribution is -0.385. The molecular formula is C18H11NO4. The van der Waals surface area contributed by atoms with E-state index in [1.807, 2.05) is 24.3 Å². The van der Waals surface area contributed by atoms with Crippen LogP contribution in [-0.4, -0.2) is 18.1 Å². The molecule has 0 N–H and O–H groups in total. The Kier molecular flexibility index (Phi) is 4.13. The molecule has 5 heteroatoms. The van der Waals surface area contributed by atoms with Crippen LogP contribution in [0.3, 0.4) is 0 Å². The summed E-state index contributed by atoms with van der Waals surface area (Å²) in [5.74, 6) is 12.3. The Balaban J connectivity index is 1.98. The van der Waals surface area contributed by atoms with Crippen LogP contribution in [0.4, 0.5) is 5.69 Å². The van der Waals surface area contributed by atoms with Gasteiger partial charge in [0.1, 0.15) is 19.0 Å². The molecule has 0 aliphatic carbocycles. The second-order valence-electron chi connectivity index (χ2n) is 4.61. The van der Waals surface area contributed by atoms with Crippen LogP contribution in [-0.2, 0) is 0 Å². The number of fused-ring (bicyclic) bond motifs is 3. The first-order chi connectivity index (χ1) is 11.2. The third-order valence-electron chi connectivity index (χ3n) is 3.11. The molecule has 3 rings (SSSR count). The number of rotatable bonds is 1. The summed E-state index contributed by atoms with van der Waals surface area (Å²) in [6, 6.07) is 11.8. The highest BCUT2D eigenvalue weighted by atomic mass is 16.6. The van der Waals surface area contributed by atoms with Gasteiger partial charge < -0.3 is 9.47 Å². The highest BCUT2D eigenvalue weighted by Gasteiger charge is 2.16. The van der Waals surface area contributed by atoms with E-state index in [2.05, 4.69) is 23.7 Å². The third kappa shape index (κ3) is 3.42. The summed E-state index contributed by atoms with van der Waals surface area (Å²) in [7, 11) is 0. The molecule has 2 aromatic carbocycles. The molecule has 0 saturated carbocycles. The van der Waals surface area contributed by atoms with Gasteiger partial charge in [-0.15, -0.1) is 0 Å². The SMILES string of the molecule is O=[N+]([O-])c1ccc2cc1OCC#Cc1ccccc1C#CCO2. The van der Waals surface area contributed by atoms with E-state index in [1.165, 1.54) is 18.2 Å². The van der Waals surface area contributed by atoms with E-state index in [4.69, 9.17) is 9.47 Å². The van der Waals surface area contributed by atoms with Crippen molar-refractivity contribution < 1.29 is 14.4 Å². The normalized spacial score (nSPS) is 12.2. The first kappa shape index (κ1) is 14.5. The number of nitro benzene ring substituents is 1. The van der Waals surface area contributed by atoms with Crippen molar-refractivity contribution in [2.45, 2.75) is 0 Å². The average molecular weight is 305 g/mol. The smallest absolute Gasteiger partial charge is 0.311 e. The molecule has 2 aromatic rings. The first-order valence-electron chi connectivity index (χ1n) is 6.85. The van der Waals surface area contributed by atoms with Gasteiger partial charge >= 0.3 is 5.69 Å². The van der Waals surface area contributed by atoms with Gasteiger partial charge in [0.05, 0.1) is 4.92 Å². The van der Waals surface area contributed by atoms with Crippen molar-refractivity contribution in [1.29, 1.82) is 0 Å². The van der Waals surface area contributed by atoms with Gasteiger partial charge in [-0.1, -0.05) is 35.8 Å². The molecule has 1 aliphatic rings. The second-order valence-corrected chi connectivity index (χ2v) is 4.61. The van der Waals surface area contributed by atoms with Crippen molar-refractivity contribution in [3.8, 4) is 35.2 Å². The minimum Gasteiger partial charge on any atom is -0.481 e. The first-order valence-corrected chi connectivity index (χ1v) is 6.85. The Morgan fingerprint density at radius 1 is 0.957 bits per heavy atom. The summed E-state index contributed by atoms with van der Waals surface area (Å²) in [6.07, 6.45) is 0. The van der Waals surface area contributed by atoms with Crippen molar-refractivity contribution in [2.75, 3.05) is 13.2 Å².